The number of pyridine rings is 1. The van der Waals surface area contributed by atoms with Crippen LogP contribution in [0, 0.1) is 0 Å². The van der Waals surface area contributed by atoms with E-state index in [1.54, 1.807) is 36.7 Å². The monoisotopic (exact) mass is 318 g/mol. The van der Waals surface area contributed by atoms with Crippen molar-refractivity contribution < 1.29 is 13.2 Å². The third-order valence-electron chi connectivity index (χ3n) is 3.11. The fraction of sp³-hybridized carbons (Fsp3) is 0.188. The molecule has 0 saturated carbocycles. The Morgan fingerprint density at radius 1 is 1.27 bits per heavy atom. The van der Waals surface area contributed by atoms with Crippen molar-refractivity contribution in [1.29, 1.82) is 0 Å². The number of ether oxygens (including phenoxy) is 1. The lowest BCUT2D eigenvalue weighted by molar-refractivity contribution is 0.414. The highest BCUT2D eigenvalue weighted by Gasteiger charge is 2.23. The van der Waals surface area contributed by atoms with E-state index in [9.17, 15) is 8.42 Å². The van der Waals surface area contributed by atoms with Gasteiger partial charge in [0.25, 0.3) is 0 Å². The zero-order valence-electron chi connectivity index (χ0n) is 12.3. The van der Waals surface area contributed by atoms with Gasteiger partial charge >= 0.3 is 0 Å². The van der Waals surface area contributed by atoms with Crippen molar-refractivity contribution in [3.63, 3.8) is 0 Å². The van der Waals surface area contributed by atoms with Gasteiger partial charge in [0.15, 0.2) is 0 Å². The summed E-state index contributed by atoms with van der Waals surface area (Å²) in [6, 6.07) is 9.95. The minimum atomic E-state index is -3.61. The van der Waals surface area contributed by atoms with E-state index >= 15 is 0 Å². The second-order valence-corrected chi connectivity index (χ2v) is 6.56. The molecular weight excluding hydrogens is 300 g/mol. The molecule has 0 aliphatic heterocycles. The molecule has 0 aliphatic rings. The van der Waals surface area contributed by atoms with E-state index in [2.05, 4.69) is 11.6 Å². The number of hydrogen-bond acceptors (Lipinski definition) is 4. The standard InChI is InChI=1S/C16H18N2O3S/c1-3-11-18(13-14-5-4-10-17-12-14)22(19,20)16-8-6-15(21-2)7-9-16/h3-10,12H,1,11,13H2,2H3. The number of rotatable bonds is 7. The summed E-state index contributed by atoms with van der Waals surface area (Å²) in [6.45, 7) is 4.10. The van der Waals surface area contributed by atoms with Crippen LogP contribution >= 0.6 is 0 Å². The van der Waals surface area contributed by atoms with Crippen LogP contribution in [0.1, 0.15) is 5.56 Å². The van der Waals surface area contributed by atoms with Crippen LogP contribution in [-0.2, 0) is 16.6 Å². The summed E-state index contributed by atoms with van der Waals surface area (Å²) in [7, 11) is -2.07. The molecule has 0 atom stereocenters. The number of hydrogen-bond donors (Lipinski definition) is 0. The first-order chi connectivity index (χ1) is 10.6. The van der Waals surface area contributed by atoms with Gasteiger partial charge in [-0.2, -0.15) is 4.31 Å². The third-order valence-corrected chi connectivity index (χ3v) is 4.94. The topological polar surface area (TPSA) is 59.5 Å². The Bertz CT molecular complexity index is 713. The van der Waals surface area contributed by atoms with Crippen molar-refractivity contribution in [1.82, 2.24) is 9.29 Å². The highest BCUT2D eigenvalue weighted by Crippen LogP contribution is 2.21. The second-order valence-electron chi connectivity index (χ2n) is 4.62. The van der Waals surface area contributed by atoms with Gasteiger partial charge in [-0.05, 0) is 35.9 Å². The van der Waals surface area contributed by atoms with E-state index in [4.69, 9.17) is 4.74 Å². The lowest BCUT2D eigenvalue weighted by Gasteiger charge is -2.20. The Labute approximate surface area is 130 Å². The van der Waals surface area contributed by atoms with Crippen LogP contribution in [-0.4, -0.2) is 31.4 Å². The van der Waals surface area contributed by atoms with E-state index in [0.29, 0.717) is 5.75 Å². The summed E-state index contributed by atoms with van der Waals surface area (Å²) in [5.41, 5.74) is 0.821. The summed E-state index contributed by atoms with van der Waals surface area (Å²) in [5, 5.41) is 0. The average molecular weight is 318 g/mol. The summed E-state index contributed by atoms with van der Waals surface area (Å²) in [5.74, 6) is 0.612. The molecule has 0 spiro atoms. The van der Waals surface area contributed by atoms with Gasteiger partial charge in [0, 0.05) is 25.5 Å². The van der Waals surface area contributed by atoms with Crippen LogP contribution in [0.2, 0.25) is 0 Å². The number of nitrogens with zero attached hydrogens (tertiary/aromatic N) is 2. The molecule has 1 aromatic heterocycles. The molecule has 0 bridgehead atoms. The Kier molecular flexibility index (Phi) is 5.30. The molecule has 1 aromatic carbocycles. The lowest BCUT2D eigenvalue weighted by atomic mass is 10.3. The van der Waals surface area contributed by atoms with Crippen molar-refractivity contribution >= 4 is 10.0 Å². The van der Waals surface area contributed by atoms with Crippen molar-refractivity contribution in [2.75, 3.05) is 13.7 Å². The molecule has 0 amide bonds. The molecular formula is C16H18N2O3S. The molecule has 0 saturated heterocycles. The van der Waals surface area contributed by atoms with Crippen LogP contribution in [0.25, 0.3) is 0 Å². The van der Waals surface area contributed by atoms with E-state index in [0.717, 1.165) is 5.56 Å². The Hall–Kier alpha value is -2.18. The summed E-state index contributed by atoms with van der Waals surface area (Å²) >= 11 is 0. The molecule has 2 rings (SSSR count). The normalized spacial score (nSPS) is 11.4. The number of aromatic nitrogens is 1. The molecule has 0 N–H and O–H groups in total. The summed E-state index contributed by atoms with van der Waals surface area (Å²) in [4.78, 5) is 4.23. The number of sulfonamides is 1. The molecule has 0 fully saturated rings. The highest BCUT2D eigenvalue weighted by molar-refractivity contribution is 7.89. The molecule has 116 valence electrons. The Morgan fingerprint density at radius 3 is 2.55 bits per heavy atom. The molecule has 5 nitrogen and oxygen atoms in total. The van der Waals surface area contributed by atoms with Gasteiger partial charge in [0.05, 0.1) is 12.0 Å². The van der Waals surface area contributed by atoms with Crippen LogP contribution in [0.3, 0.4) is 0 Å². The van der Waals surface area contributed by atoms with Gasteiger partial charge in [-0.25, -0.2) is 8.42 Å². The smallest absolute Gasteiger partial charge is 0.243 e. The molecule has 2 aromatic rings. The third kappa shape index (κ3) is 3.72. The van der Waals surface area contributed by atoms with Crippen LogP contribution < -0.4 is 4.74 Å². The average Bonchev–Trinajstić information content (AvgIpc) is 2.55. The van der Waals surface area contributed by atoms with Crippen molar-refractivity contribution in [2.24, 2.45) is 0 Å². The highest BCUT2D eigenvalue weighted by atomic mass is 32.2. The summed E-state index contributed by atoms with van der Waals surface area (Å²) < 4.78 is 31.9. The molecule has 1 heterocycles. The largest absolute Gasteiger partial charge is 0.497 e. The maximum absolute atomic E-state index is 12.7. The van der Waals surface area contributed by atoms with Crippen LogP contribution in [0.4, 0.5) is 0 Å². The van der Waals surface area contributed by atoms with Crippen LogP contribution in [0.15, 0.2) is 66.3 Å². The minimum Gasteiger partial charge on any atom is -0.497 e. The Morgan fingerprint density at radius 2 is 2.00 bits per heavy atom. The first-order valence-electron chi connectivity index (χ1n) is 6.72. The van der Waals surface area contributed by atoms with E-state index in [1.807, 2.05) is 6.07 Å². The fourth-order valence-corrected chi connectivity index (χ4v) is 3.38. The number of benzene rings is 1. The molecule has 0 aliphatic carbocycles. The SMILES string of the molecule is C=CCN(Cc1cccnc1)S(=O)(=O)c1ccc(OC)cc1. The quantitative estimate of drug-likeness (QED) is 0.736. The van der Waals surface area contributed by atoms with Crippen LogP contribution in [0.5, 0.6) is 5.75 Å². The predicted octanol–water partition coefficient (Wildman–Crippen LogP) is 2.47. The van der Waals surface area contributed by atoms with Gasteiger partial charge in [-0.1, -0.05) is 12.1 Å². The zero-order chi connectivity index (χ0) is 16.0. The maximum Gasteiger partial charge on any atom is 0.243 e. The first-order valence-corrected chi connectivity index (χ1v) is 8.16. The molecule has 0 radical (unpaired) electrons. The Balaban J connectivity index is 2.30. The predicted molar refractivity (Wildman–Crippen MR) is 85.0 cm³/mol. The van der Waals surface area contributed by atoms with Crippen molar-refractivity contribution in [3.05, 3.63) is 67.0 Å². The maximum atomic E-state index is 12.7. The first kappa shape index (κ1) is 16.2. The van der Waals surface area contributed by atoms with Gasteiger partial charge in [-0.15, -0.1) is 6.58 Å². The number of methoxy groups -OCH3 is 1. The molecule has 0 unspecified atom stereocenters. The van der Waals surface area contributed by atoms with Gasteiger partial charge in [0.1, 0.15) is 5.75 Å². The van der Waals surface area contributed by atoms with E-state index in [-0.39, 0.29) is 18.0 Å². The molecule has 22 heavy (non-hydrogen) atoms. The van der Waals surface area contributed by atoms with E-state index < -0.39 is 10.0 Å². The van der Waals surface area contributed by atoms with Gasteiger partial charge in [0.2, 0.25) is 10.0 Å². The van der Waals surface area contributed by atoms with Crippen molar-refractivity contribution in [2.45, 2.75) is 11.4 Å². The second kappa shape index (κ2) is 7.20. The van der Waals surface area contributed by atoms with E-state index in [1.165, 1.54) is 23.5 Å². The molecule has 6 heteroatoms. The van der Waals surface area contributed by atoms with Gasteiger partial charge < -0.3 is 4.74 Å². The van der Waals surface area contributed by atoms with Gasteiger partial charge in [-0.3, -0.25) is 4.98 Å². The lowest BCUT2D eigenvalue weighted by Crippen LogP contribution is -2.30. The van der Waals surface area contributed by atoms with Crippen molar-refractivity contribution in [3.8, 4) is 5.75 Å². The minimum absolute atomic E-state index is 0.221. The summed E-state index contributed by atoms with van der Waals surface area (Å²) in [6.07, 6.45) is 4.87. The zero-order valence-corrected chi connectivity index (χ0v) is 13.2. The fourth-order valence-electron chi connectivity index (χ4n) is 1.98.